The molecule has 12 nitrogen and oxygen atoms in total. The van der Waals surface area contributed by atoms with Gasteiger partial charge in [0.15, 0.2) is 17.2 Å². The SMILES string of the molecule is CCC[C@H](CC(=O)[C@@H]1CC2(CC(C(=O)c3ccccc3)=NO2)CN1C(=O)[C@@H](NC(=O)O[C@H]1CCOC1)C(C)(C)C)C(OC)C(=O)CC1CC1. The number of oxime groups is 1. The Morgan fingerprint density at radius 2 is 1.84 bits per heavy atom. The van der Waals surface area contributed by atoms with E-state index in [2.05, 4.69) is 10.5 Å². The molecule has 1 aromatic rings. The smallest absolute Gasteiger partial charge is 0.408 e. The number of hydrogen-bond donors (Lipinski definition) is 1. The number of Topliss-reactive ketones (excluding diaryl/α,β-unsaturated/α-hetero) is 3. The van der Waals surface area contributed by atoms with E-state index in [1.807, 2.05) is 33.8 Å². The second-order valence-electron chi connectivity index (χ2n) is 15.2. The van der Waals surface area contributed by atoms with Crippen molar-refractivity contribution in [3.63, 3.8) is 0 Å². The lowest BCUT2D eigenvalue weighted by molar-refractivity contribution is -0.143. The highest BCUT2D eigenvalue weighted by Crippen LogP contribution is 2.41. The molecule has 1 aromatic carbocycles. The van der Waals surface area contributed by atoms with Gasteiger partial charge in [-0.3, -0.25) is 19.2 Å². The van der Waals surface area contributed by atoms with Crippen LogP contribution in [0.4, 0.5) is 4.79 Å². The van der Waals surface area contributed by atoms with Crippen LogP contribution in [0.25, 0.3) is 0 Å². The highest BCUT2D eigenvalue weighted by Gasteiger charge is 2.56. The van der Waals surface area contributed by atoms with Gasteiger partial charge >= 0.3 is 6.09 Å². The monoisotopic (exact) mass is 681 g/mol. The Morgan fingerprint density at radius 1 is 1.10 bits per heavy atom. The van der Waals surface area contributed by atoms with Gasteiger partial charge in [-0.05, 0) is 36.5 Å². The topological polar surface area (TPSA) is 150 Å². The number of alkyl carbamates (subject to hydrolysis) is 1. The van der Waals surface area contributed by atoms with Crippen molar-refractivity contribution >= 4 is 35.1 Å². The highest BCUT2D eigenvalue weighted by molar-refractivity contribution is 6.46. The number of hydrogen-bond acceptors (Lipinski definition) is 10. The van der Waals surface area contributed by atoms with Gasteiger partial charge in [0, 0.05) is 44.8 Å². The predicted molar refractivity (Wildman–Crippen MR) is 180 cm³/mol. The zero-order valence-electron chi connectivity index (χ0n) is 29.4. The summed E-state index contributed by atoms with van der Waals surface area (Å²) in [6, 6.07) is 6.78. The molecule has 0 aromatic heterocycles. The summed E-state index contributed by atoms with van der Waals surface area (Å²) in [5.74, 6) is -0.945. The summed E-state index contributed by atoms with van der Waals surface area (Å²) in [7, 11) is 1.51. The van der Waals surface area contributed by atoms with Crippen LogP contribution < -0.4 is 5.32 Å². The van der Waals surface area contributed by atoms with E-state index in [-0.39, 0.29) is 54.8 Å². The Labute approximate surface area is 288 Å². The van der Waals surface area contributed by atoms with Crippen LogP contribution in [-0.2, 0) is 33.4 Å². The van der Waals surface area contributed by atoms with Gasteiger partial charge in [0.1, 0.15) is 24.0 Å². The van der Waals surface area contributed by atoms with Gasteiger partial charge in [0.05, 0.1) is 25.8 Å². The molecular formula is C37H51N3O9. The van der Waals surface area contributed by atoms with Crippen LogP contribution >= 0.6 is 0 Å². The normalized spacial score (nSPS) is 25.3. The number of methoxy groups -OCH3 is 1. The summed E-state index contributed by atoms with van der Waals surface area (Å²) in [6.45, 7) is 8.26. The van der Waals surface area contributed by atoms with Crippen molar-refractivity contribution in [1.82, 2.24) is 10.2 Å². The molecule has 3 fully saturated rings. The molecule has 0 bridgehead atoms. The third-order valence-corrected chi connectivity index (χ3v) is 10.0. The standard InChI is InChI=1S/C37H51N3O9/c1-6-10-25(32(46-5)30(42)17-23-13-14-23)18-29(41)28-20-37(19-27(39-49-37)31(43)24-11-8-7-9-12-24)22-40(28)34(44)33(36(2,3)4)38-35(45)48-26-15-16-47-21-26/h7-9,11-12,23,25-26,28,32-33H,6,10,13-22H2,1-5H3,(H,38,45)/t25-,26+,28+,32?,33-,37?/m1/s1. The van der Waals surface area contributed by atoms with Crippen molar-refractivity contribution in [3.8, 4) is 0 Å². The van der Waals surface area contributed by atoms with E-state index in [1.165, 1.54) is 12.0 Å². The van der Waals surface area contributed by atoms with Crippen molar-refractivity contribution in [3.05, 3.63) is 35.9 Å². The van der Waals surface area contributed by atoms with Crippen molar-refractivity contribution in [2.24, 2.45) is 22.4 Å². The van der Waals surface area contributed by atoms with Crippen molar-refractivity contribution in [1.29, 1.82) is 0 Å². The van der Waals surface area contributed by atoms with Crippen molar-refractivity contribution in [2.45, 2.75) is 115 Å². The molecule has 268 valence electrons. The molecule has 49 heavy (non-hydrogen) atoms. The van der Waals surface area contributed by atoms with Gasteiger partial charge in [-0.2, -0.15) is 0 Å². The van der Waals surface area contributed by atoms with Crippen molar-refractivity contribution in [2.75, 3.05) is 26.9 Å². The van der Waals surface area contributed by atoms with Crippen LogP contribution in [0.5, 0.6) is 0 Å². The van der Waals surface area contributed by atoms with Gasteiger partial charge in [-0.15, -0.1) is 0 Å². The molecule has 1 aliphatic carbocycles. The maximum Gasteiger partial charge on any atom is 0.408 e. The Morgan fingerprint density at radius 3 is 2.45 bits per heavy atom. The zero-order valence-corrected chi connectivity index (χ0v) is 29.4. The summed E-state index contributed by atoms with van der Waals surface area (Å²) in [5.41, 5.74) is -1.18. The molecule has 3 aliphatic heterocycles. The van der Waals surface area contributed by atoms with E-state index in [9.17, 15) is 24.0 Å². The highest BCUT2D eigenvalue weighted by atomic mass is 16.7. The summed E-state index contributed by atoms with van der Waals surface area (Å²) >= 11 is 0. The molecule has 3 heterocycles. The Bertz CT molecular complexity index is 1410. The number of carbonyl (C=O) groups excluding carboxylic acids is 5. The molecule has 4 aliphatic rings. The van der Waals surface area contributed by atoms with Crippen LogP contribution in [0.15, 0.2) is 35.5 Å². The molecule has 12 heteroatoms. The molecule has 0 radical (unpaired) electrons. The average Bonchev–Trinajstić information content (AvgIpc) is 3.41. The summed E-state index contributed by atoms with van der Waals surface area (Å²) in [5, 5.41) is 6.94. The second-order valence-corrected chi connectivity index (χ2v) is 15.2. The van der Waals surface area contributed by atoms with Crippen LogP contribution in [0.1, 0.15) is 95.8 Å². The first kappa shape index (κ1) is 36.6. The number of nitrogens with one attached hydrogen (secondary N) is 1. The average molecular weight is 682 g/mol. The number of nitrogens with zero attached hydrogens (tertiary/aromatic N) is 2. The molecule has 1 saturated carbocycles. The zero-order chi connectivity index (χ0) is 35.3. The third-order valence-electron chi connectivity index (χ3n) is 10.0. The largest absolute Gasteiger partial charge is 0.444 e. The minimum Gasteiger partial charge on any atom is -0.444 e. The maximum absolute atomic E-state index is 14.5. The van der Waals surface area contributed by atoms with E-state index in [1.54, 1.807) is 24.3 Å². The third kappa shape index (κ3) is 8.94. The van der Waals surface area contributed by atoms with E-state index >= 15 is 0 Å². The summed E-state index contributed by atoms with van der Waals surface area (Å²) in [6.07, 6.45) is 2.81. The first-order chi connectivity index (χ1) is 23.3. The Balaban J connectivity index is 1.39. The van der Waals surface area contributed by atoms with Gasteiger partial charge in [-0.25, -0.2) is 4.79 Å². The van der Waals surface area contributed by atoms with Crippen LogP contribution in [0.3, 0.4) is 0 Å². The molecule has 6 atom stereocenters. The van der Waals surface area contributed by atoms with Crippen molar-refractivity contribution < 1.29 is 43.0 Å². The van der Waals surface area contributed by atoms with Crippen LogP contribution in [0, 0.1) is 17.3 Å². The van der Waals surface area contributed by atoms with E-state index in [0.29, 0.717) is 44.0 Å². The molecule has 1 spiro atoms. The second kappa shape index (κ2) is 15.5. The van der Waals surface area contributed by atoms with Gasteiger partial charge in [0.2, 0.25) is 11.7 Å². The molecular weight excluding hydrogens is 630 g/mol. The Hall–Kier alpha value is -3.64. The Kier molecular flexibility index (Phi) is 11.6. The lowest BCUT2D eigenvalue weighted by atomic mass is 9.84. The fourth-order valence-electron chi connectivity index (χ4n) is 7.22. The number of benzene rings is 1. The predicted octanol–water partition coefficient (Wildman–Crippen LogP) is 4.67. The lowest BCUT2D eigenvalue weighted by Gasteiger charge is -2.35. The maximum atomic E-state index is 14.5. The van der Waals surface area contributed by atoms with E-state index in [4.69, 9.17) is 19.0 Å². The molecule has 2 saturated heterocycles. The lowest BCUT2D eigenvalue weighted by Crippen LogP contribution is -2.57. The van der Waals surface area contributed by atoms with Gasteiger partial charge in [0.25, 0.3) is 0 Å². The molecule has 1 N–H and O–H groups in total. The summed E-state index contributed by atoms with van der Waals surface area (Å²) < 4.78 is 16.6. The first-order valence-electron chi connectivity index (χ1n) is 17.6. The fourth-order valence-corrected chi connectivity index (χ4v) is 7.22. The number of ether oxygens (including phenoxy) is 3. The van der Waals surface area contributed by atoms with Gasteiger partial charge < -0.3 is 29.3 Å². The number of likely N-dealkylation sites (tertiary alicyclic amines) is 1. The van der Waals surface area contributed by atoms with E-state index < -0.39 is 47.3 Å². The van der Waals surface area contributed by atoms with Crippen LogP contribution in [0.2, 0.25) is 0 Å². The molecule has 2 unspecified atom stereocenters. The fraction of sp³-hybridized carbons (Fsp3) is 0.676. The number of carbonyl (C=O) groups is 5. The molecule has 2 amide bonds. The number of rotatable bonds is 15. The number of ketones is 3. The minimum absolute atomic E-state index is 0.00633. The van der Waals surface area contributed by atoms with E-state index in [0.717, 1.165) is 19.3 Å². The van der Waals surface area contributed by atoms with Crippen LogP contribution in [-0.4, -0.2) is 96.7 Å². The quantitative estimate of drug-likeness (QED) is 0.261. The molecule has 5 rings (SSSR count). The van der Waals surface area contributed by atoms with Gasteiger partial charge in [-0.1, -0.05) is 69.6 Å². The first-order valence-corrected chi connectivity index (χ1v) is 17.6. The minimum atomic E-state index is -1.11. The summed E-state index contributed by atoms with van der Waals surface area (Å²) in [4.78, 5) is 75.9. The number of amides is 2.